The van der Waals surface area contributed by atoms with Gasteiger partial charge in [-0.3, -0.25) is 9.58 Å². The molecule has 1 N–H and O–H groups in total. The molecule has 0 unspecified atom stereocenters. The Morgan fingerprint density at radius 1 is 1.21 bits per heavy atom. The maximum atomic E-state index is 11.6. The minimum Gasteiger partial charge on any atom is -0.489 e. The van der Waals surface area contributed by atoms with Gasteiger partial charge in [0.1, 0.15) is 12.4 Å². The van der Waals surface area contributed by atoms with E-state index < -0.39 is 6.09 Å². The number of carbonyl (C=O) groups is 1. The molecular weight excluding hydrogens is 390 g/mol. The summed E-state index contributed by atoms with van der Waals surface area (Å²) in [6.45, 7) is 6.39. The highest BCUT2D eigenvalue weighted by molar-refractivity contribution is 6.30. The summed E-state index contributed by atoms with van der Waals surface area (Å²) in [4.78, 5) is 12.8. The molecule has 0 aliphatic heterocycles. The van der Waals surface area contributed by atoms with Crippen LogP contribution in [0.1, 0.15) is 30.7 Å². The lowest BCUT2D eigenvalue weighted by atomic mass is 10.2. The average Bonchev–Trinajstić information content (AvgIpc) is 3.01. The molecule has 0 radical (unpaired) electrons. The molecule has 0 bridgehead atoms. The van der Waals surface area contributed by atoms with Crippen LogP contribution in [0.15, 0.2) is 54.6 Å². The lowest BCUT2D eigenvalue weighted by molar-refractivity contribution is 0.199. The molecule has 0 saturated heterocycles. The van der Waals surface area contributed by atoms with E-state index in [-0.39, 0.29) is 6.04 Å². The number of ether oxygens (including phenoxy) is 1. The third-order valence-corrected chi connectivity index (χ3v) is 4.75. The third kappa shape index (κ3) is 5.09. The summed E-state index contributed by atoms with van der Waals surface area (Å²) in [6.07, 6.45) is -1.03. The molecule has 0 spiro atoms. The molecule has 0 atom stereocenters. The van der Waals surface area contributed by atoms with Crippen LogP contribution in [0.25, 0.3) is 0 Å². The van der Waals surface area contributed by atoms with Crippen LogP contribution < -0.4 is 9.64 Å². The monoisotopic (exact) mass is 413 g/mol. The molecule has 0 aliphatic rings. The first-order chi connectivity index (χ1) is 13.8. The highest BCUT2D eigenvalue weighted by Crippen LogP contribution is 2.26. The number of aryl methyl sites for hydroxylation is 1. The number of hydrogen-bond acceptors (Lipinski definition) is 3. The third-order valence-electron chi connectivity index (χ3n) is 4.52. The van der Waals surface area contributed by atoms with Gasteiger partial charge in [0.15, 0.2) is 5.82 Å². The topological polar surface area (TPSA) is 67.6 Å². The summed E-state index contributed by atoms with van der Waals surface area (Å²) in [6, 6.07) is 17.0. The maximum absolute atomic E-state index is 11.6. The Balaban J connectivity index is 1.84. The Labute approximate surface area is 175 Å². The van der Waals surface area contributed by atoms with E-state index in [9.17, 15) is 9.90 Å². The largest absolute Gasteiger partial charge is 0.489 e. The average molecular weight is 414 g/mol. The van der Waals surface area contributed by atoms with Gasteiger partial charge in [0.05, 0.1) is 6.54 Å². The number of hydrogen-bond donors (Lipinski definition) is 1. The Bertz CT molecular complexity index is 986. The van der Waals surface area contributed by atoms with Crippen LogP contribution in [0.3, 0.4) is 0 Å². The van der Waals surface area contributed by atoms with Crippen molar-refractivity contribution >= 4 is 23.5 Å². The predicted molar refractivity (Wildman–Crippen MR) is 114 cm³/mol. The molecule has 3 rings (SSSR count). The first kappa shape index (κ1) is 20.7. The summed E-state index contributed by atoms with van der Waals surface area (Å²) in [5, 5.41) is 14.6. The van der Waals surface area contributed by atoms with Crippen molar-refractivity contribution < 1.29 is 14.6 Å². The molecule has 1 aromatic heterocycles. The quantitative estimate of drug-likeness (QED) is 0.565. The second-order valence-electron chi connectivity index (χ2n) is 7.07. The van der Waals surface area contributed by atoms with Crippen molar-refractivity contribution in [2.75, 3.05) is 4.90 Å². The van der Waals surface area contributed by atoms with Crippen molar-refractivity contribution in [3.05, 3.63) is 76.4 Å². The highest BCUT2D eigenvalue weighted by Gasteiger charge is 2.22. The van der Waals surface area contributed by atoms with Gasteiger partial charge in [-0.15, -0.1) is 0 Å². The second kappa shape index (κ2) is 9.01. The lowest BCUT2D eigenvalue weighted by Gasteiger charge is -2.20. The van der Waals surface area contributed by atoms with E-state index in [4.69, 9.17) is 16.3 Å². The SMILES string of the molecule is Cc1cc(N(C(=O)O)C(C)C)nn1Cc1cc(Cl)ccc1OCc1ccccc1. The Morgan fingerprint density at radius 3 is 2.59 bits per heavy atom. The zero-order valence-corrected chi connectivity index (χ0v) is 17.4. The van der Waals surface area contributed by atoms with Gasteiger partial charge < -0.3 is 9.84 Å². The lowest BCUT2D eigenvalue weighted by Crippen LogP contribution is -2.36. The van der Waals surface area contributed by atoms with Gasteiger partial charge >= 0.3 is 6.09 Å². The van der Waals surface area contributed by atoms with E-state index in [0.717, 1.165) is 16.8 Å². The normalized spacial score (nSPS) is 10.9. The van der Waals surface area contributed by atoms with Crippen molar-refractivity contribution in [1.82, 2.24) is 9.78 Å². The second-order valence-corrected chi connectivity index (χ2v) is 7.51. The van der Waals surface area contributed by atoms with Crippen LogP contribution in [0.2, 0.25) is 5.02 Å². The number of aromatic nitrogens is 2. The van der Waals surface area contributed by atoms with Crippen LogP contribution in [-0.2, 0) is 13.2 Å². The number of amides is 1. The molecule has 7 heteroatoms. The number of halogens is 1. The minimum atomic E-state index is -1.03. The molecule has 2 aromatic carbocycles. The van der Waals surface area contributed by atoms with Crippen LogP contribution in [-0.4, -0.2) is 27.0 Å². The summed E-state index contributed by atoms with van der Waals surface area (Å²) < 4.78 is 7.78. The number of rotatable bonds is 7. The fourth-order valence-corrected chi connectivity index (χ4v) is 3.26. The van der Waals surface area contributed by atoms with E-state index in [1.165, 1.54) is 4.90 Å². The van der Waals surface area contributed by atoms with Crippen LogP contribution >= 0.6 is 11.6 Å². The highest BCUT2D eigenvalue weighted by atomic mass is 35.5. The van der Waals surface area contributed by atoms with Crippen LogP contribution in [0.5, 0.6) is 5.75 Å². The Morgan fingerprint density at radius 2 is 1.93 bits per heavy atom. The first-order valence-corrected chi connectivity index (χ1v) is 9.74. The number of benzene rings is 2. The standard InChI is InChI=1S/C22H24ClN3O3/c1-15(2)26(22(27)28)21-11-16(3)25(24-21)13-18-12-19(23)9-10-20(18)29-14-17-7-5-4-6-8-17/h4-12,15H,13-14H2,1-3H3,(H,27,28). The number of anilines is 1. The molecule has 6 nitrogen and oxygen atoms in total. The summed E-state index contributed by atoms with van der Waals surface area (Å²) in [5.41, 5.74) is 2.79. The summed E-state index contributed by atoms with van der Waals surface area (Å²) >= 11 is 6.21. The molecule has 3 aromatic rings. The van der Waals surface area contributed by atoms with Gasteiger partial charge in [-0.2, -0.15) is 5.10 Å². The smallest absolute Gasteiger partial charge is 0.413 e. The molecule has 0 saturated carbocycles. The fraction of sp³-hybridized carbons (Fsp3) is 0.273. The van der Waals surface area contributed by atoms with Gasteiger partial charge in [0.25, 0.3) is 0 Å². The van der Waals surface area contributed by atoms with Gasteiger partial charge in [0.2, 0.25) is 0 Å². The van der Waals surface area contributed by atoms with Crippen LogP contribution in [0.4, 0.5) is 10.6 Å². The molecule has 0 aliphatic carbocycles. The van der Waals surface area contributed by atoms with E-state index in [1.54, 1.807) is 16.8 Å². The maximum Gasteiger partial charge on any atom is 0.413 e. The van der Waals surface area contributed by atoms with Crippen LogP contribution in [0, 0.1) is 6.92 Å². The van der Waals surface area contributed by atoms with E-state index in [0.29, 0.717) is 29.7 Å². The van der Waals surface area contributed by atoms with Gasteiger partial charge in [-0.05, 0) is 44.5 Å². The molecular formula is C22H24ClN3O3. The van der Waals surface area contributed by atoms with E-state index >= 15 is 0 Å². The van der Waals surface area contributed by atoms with Crippen molar-refractivity contribution in [3.8, 4) is 5.75 Å². The van der Waals surface area contributed by atoms with Crippen molar-refractivity contribution in [2.24, 2.45) is 0 Å². The van der Waals surface area contributed by atoms with E-state index in [2.05, 4.69) is 5.10 Å². The van der Waals surface area contributed by atoms with Gasteiger partial charge in [-0.25, -0.2) is 4.79 Å². The Kier molecular flexibility index (Phi) is 6.44. The molecule has 1 heterocycles. The van der Waals surface area contributed by atoms with E-state index in [1.807, 2.05) is 63.2 Å². The molecule has 152 valence electrons. The van der Waals surface area contributed by atoms with Gasteiger partial charge in [0, 0.05) is 28.4 Å². The zero-order valence-electron chi connectivity index (χ0n) is 16.7. The fourth-order valence-electron chi connectivity index (χ4n) is 3.06. The number of carboxylic acid groups (broad SMARTS) is 1. The Hall–Kier alpha value is -2.99. The molecule has 0 fully saturated rings. The van der Waals surface area contributed by atoms with Crippen molar-refractivity contribution in [3.63, 3.8) is 0 Å². The first-order valence-electron chi connectivity index (χ1n) is 9.37. The van der Waals surface area contributed by atoms with Crippen molar-refractivity contribution in [1.29, 1.82) is 0 Å². The number of nitrogens with zero attached hydrogens (tertiary/aromatic N) is 3. The summed E-state index contributed by atoms with van der Waals surface area (Å²) in [5.74, 6) is 1.12. The van der Waals surface area contributed by atoms with Crippen molar-refractivity contribution in [2.45, 2.75) is 40.0 Å². The molecule has 29 heavy (non-hydrogen) atoms. The zero-order chi connectivity index (χ0) is 21.0. The van der Waals surface area contributed by atoms with Gasteiger partial charge in [-0.1, -0.05) is 41.9 Å². The minimum absolute atomic E-state index is 0.216. The predicted octanol–water partition coefficient (Wildman–Crippen LogP) is 5.37. The summed E-state index contributed by atoms with van der Waals surface area (Å²) in [7, 11) is 0. The molecule has 1 amide bonds.